The van der Waals surface area contributed by atoms with Gasteiger partial charge in [0.25, 0.3) is 0 Å². The molecule has 0 aliphatic heterocycles. The molecule has 1 aromatic rings. The second kappa shape index (κ2) is 15.6. The standard InChI is InChI=1S/C11H16S.C3H8.C2H6/c1-10(2)8-9-12-11-6-4-3-5-7-11;1-3-2;1-2/h3-7,10H,8-9H2,1-2H3;3H2,1-2H3;1-2H3. The van der Waals surface area contributed by atoms with E-state index >= 15 is 0 Å². The molecule has 0 fully saturated rings. The van der Waals surface area contributed by atoms with Crippen molar-refractivity contribution in [2.24, 2.45) is 5.92 Å². The molecule has 1 heteroatoms. The Balaban J connectivity index is 0. The third kappa shape index (κ3) is 15.6. The normalized spacial score (nSPS) is 8.88. The lowest BCUT2D eigenvalue weighted by Gasteiger charge is -2.03. The van der Waals surface area contributed by atoms with Crippen LogP contribution in [0.15, 0.2) is 35.2 Å². The van der Waals surface area contributed by atoms with E-state index in [1.165, 1.54) is 23.5 Å². The molecule has 0 aromatic heterocycles. The third-order valence-electron chi connectivity index (χ3n) is 1.71. The van der Waals surface area contributed by atoms with Gasteiger partial charge in [-0.2, -0.15) is 0 Å². The maximum absolute atomic E-state index is 2.27. The first kappa shape index (κ1) is 18.9. The van der Waals surface area contributed by atoms with E-state index in [2.05, 4.69) is 58.0 Å². The summed E-state index contributed by atoms with van der Waals surface area (Å²) < 4.78 is 0. The van der Waals surface area contributed by atoms with Crippen molar-refractivity contribution < 1.29 is 0 Å². The largest absolute Gasteiger partial charge is 0.126 e. The summed E-state index contributed by atoms with van der Waals surface area (Å²) in [5, 5.41) is 0. The Bertz CT molecular complexity index is 216. The van der Waals surface area contributed by atoms with Gasteiger partial charge in [0.1, 0.15) is 0 Å². The Hall–Kier alpha value is -0.430. The van der Waals surface area contributed by atoms with Crippen molar-refractivity contribution >= 4 is 11.8 Å². The van der Waals surface area contributed by atoms with Crippen molar-refractivity contribution in [3.63, 3.8) is 0 Å². The molecule has 0 amide bonds. The van der Waals surface area contributed by atoms with Crippen LogP contribution in [-0.4, -0.2) is 5.75 Å². The van der Waals surface area contributed by atoms with E-state index in [-0.39, 0.29) is 0 Å². The molecular weight excluding hydrogens is 224 g/mol. The highest BCUT2D eigenvalue weighted by Crippen LogP contribution is 2.19. The van der Waals surface area contributed by atoms with Gasteiger partial charge in [-0.15, -0.1) is 11.8 Å². The summed E-state index contributed by atoms with van der Waals surface area (Å²) in [6.07, 6.45) is 2.56. The number of hydrogen-bond donors (Lipinski definition) is 0. The fourth-order valence-electron chi connectivity index (χ4n) is 0.929. The minimum atomic E-state index is 0.821. The van der Waals surface area contributed by atoms with Gasteiger partial charge in [0.2, 0.25) is 0 Å². The fourth-order valence-corrected chi connectivity index (χ4v) is 2.10. The molecule has 0 aliphatic carbocycles. The molecule has 0 N–H and O–H groups in total. The molecule has 0 radical (unpaired) electrons. The van der Waals surface area contributed by atoms with E-state index in [0.29, 0.717) is 0 Å². The molecule has 0 nitrogen and oxygen atoms in total. The molecule has 17 heavy (non-hydrogen) atoms. The number of rotatable bonds is 4. The van der Waals surface area contributed by atoms with Crippen molar-refractivity contribution in [1.29, 1.82) is 0 Å². The van der Waals surface area contributed by atoms with Gasteiger partial charge in [-0.05, 0) is 30.2 Å². The first-order valence-electron chi connectivity index (χ1n) is 6.88. The SMILES string of the molecule is CC.CC(C)CCSc1ccccc1.CCC. The molecule has 0 saturated carbocycles. The Morgan fingerprint density at radius 2 is 1.47 bits per heavy atom. The average Bonchev–Trinajstić information content (AvgIpc) is 2.33. The Labute approximate surface area is 113 Å². The summed E-state index contributed by atoms with van der Waals surface area (Å²) in [5.41, 5.74) is 0. The number of hydrogen-bond acceptors (Lipinski definition) is 1. The first-order valence-corrected chi connectivity index (χ1v) is 7.87. The van der Waals surface area contributed by atoms with Gasteiger partial charge in [0.15, 0.2) is 0 Å². The van der Waals surface area contributed by atoms with E-state index in [4.69, 9.17) is 0 Å². The zero-order valence-corrected chi connectivity index (χ0v) is 13.3. The fraction of sp³-hybridized carbons (Fsp3) is 0.625. The molecule has 0 aliphatic rings. The molecule has 100 valence electrons. The monoisotopic (exact) mass is 254 g/mol. The van der Waals surface area contributed by atoms with Crippen molar-refractivity contribution in [1.82, 2.24) is 0 Å². The van der Waals surface area contributed by atoms with Crippen LogP contribution in [0.1, 0.15) is 54.4 Å². The van der Waals surface area contributed by atoms with Crippen LogP contribution in [0, 0.1) is 5.92 Å². The maximum Gasteiger partial charge on any atom is 0.00719 e. The molecule has 0 saturated heterocycles. The van der Waals surface area contributed by atoms with Gasteiger partial charge < -0.3 is 0 Å². The summed E-state index contributed by atoms with van der Waals surface area (Å²) in [5.74, 6) is 2.06. The molecule has 0 atom stereocenters. The van der Waals surface area contributed by atoms with Crippen molar-refractivity contribution in [3.8, 4) is 0 Å². The summed E-state index contributed by atoms with van der Waals surface area (Å²) in [4.78, 5) is 1.39. The minimum Gasteiger partial charge on any atom is -0.126 e. The van der Waals surface area contributed by atoms with Crippen LogP contribution < -0.4 is 0 Å². The first-order chi connectivity index (χ1) is 8.20. The zero-order valence-electron chi connectivity index (χ0n) is 12.5. The van der Waals surface area contributed by atoms with Crippen LogP contribution in [0.2, 0.25) is 0 Å². The Morgan fingerprint density at radius 3 is 1.88 bits per heavy atom. The number of thioether (sulfide) groups is 1. The predicted octanol–water partition coefficient (Wildman–Crippen LogP) is 6.27. The smallest absolute Gasteiger partial charge is 0.00719 e. The van der Waals surface area contributed by atoms with Gasteiger partial charge in [-0.1, -0.05) is 66.2 Å². The molecule has 0 bridgehead atoms. The maximum atomic E-state index is 2.27. The summed E-state index contributed by atoms with van der Waals surface area (Å²) in [6.45, 7) is 12.8. The summed E-state index contributed by atoms with van der Waals surface area (Å²) in [7, 11) is 0. The van der Waals surface area contributed by atoms with Gasteiger partial charge in [-0.25, -0.2) is 0 Å². The summed E-state index contributed by atoms with van der Waals surface area (Å²) >= 11 is 1.95. The molecule has 1 rings (SSSR count). The van der Waals surface area contributed by atoms with E-state index in [1.807, 2.05) is 25.6 Å². The minimum absolute atomic E-state index is 0.821. The van der Waals surface area contributed by atoms with E-state index in [1.54, 1.807) is 0 Å². The predicted molar refractivity (Wildman–Crippen MR) is 83.9 cm³/mol. The van der Waals surface area contributed by atoms with Gasteiger partial charge >= 0.3 is 0 Å². The third-order valence-corrected chi connectivity index (χ3v) is 2.75. The van der Waals surface area contributed by atoms with Gasteiger partial charge in [0.05, 0.1) is 0 Å². The van der Waals surface area contributed by atoms with Crippen molar-refractivity contribution in [2.45, 2.75) is 59.3 Å². The van der Waals surface area contributed by atoms with Crippen LogP contribution >= 0.6 is 11.8 Å². The molecule has 0 heterocycles. The van der Waals surface area contributed by atoms with Gasteiger partial charge in [-0.3, -0.25) is 0 Å². The average molecular weight is 254 g/mol. The quantitative estimate of drug-likeness (QED) is 0.571. The van der Waals surface area contributed by atoms with E-state index in [0.717, 1.165) is 5.92 Å². The highest BCUT2D eigenvalue weighted by molar-refractivity contribution is 7.99. The Morgan fingerprint density at radius 1 is 1.00 bits per heavy atom. The van der Waals surface area contributed by atoms with Gasteiger partial charge in [0, 0.05) is 4.90 Å². The van der Waals surface area contributed by atoms with E-state index < -0.39 is 0 Å². The van der Waals surface area contributed by atoms with Crippen LogP contribution in [0.25, 0.3) is 0 Å². The molecule has 0 unspecified atom stereocenters. The molecule has 0 spiro atoms. The number of benzene rings is 1. The highest BCUT2D eigenvalue weighted by atomic mass is 32.2. The zero-order chi connectivity index (χ0) is 13.5. The highest BCUT2D eigenvalue weighted by Gasteiger charge is 1.95. The van der Waals surface area contributed by atoms with Crippen LogP contribution in [0.4, 0.5) is 0 Å². The Kier molecular flexibility index (Phi) is 17.3. The second-order valence-corrected chi connectivity index (χ2v) is 5.22. The topological polar surface area (TPSA) is 0 Å². The molecular formula is C16H30S. The van der Waals surface area contributed by atoms with Crippen LogP contribution in [0.3, 0.4) is 0 Å². The van der Waals surface area contributed by atoms with Crippen molar-refractivity contribution in [2.75, 3.05) is 5.75 Å². The second-order valence-electron chi connectivity index (χ2n) is 4.05. The lowest BCUT2D eigenvalue weighted by atomic mass is 10.2. The van der Waals surface area contributed by atoms with Crippen molar-refractivity contribution in [3.05, 3.63) is 30.3 Å². The van der Waals surface area contributed by atoms with E-state index in [9.17, 15) is 0 Å². The van der Waals surface area contributed by atoms with Crippen LogP contribution in [-0.2, 0) is 0 Å². The molecule has 1 aromatic carbocycles. The lowest BCUT2D eigenvalue weighted by molar-refractivity contribution is 0.632. The van der Waals surface area contributed by atoms with Crippen LogP contribution in [0.5, 0.6) is 0 Å². The summed E-state index contributed by atoms with van der Waals surface area (Å²) in [6, 6.07) is 10.6. The lowest BCUT2D eigenvalue weighted by Crippen LogP contribution is -1.88.